The van der Waals surface area contributed by atoms with Crippen molar-refractivity contribution >= 4 is 5.97 Å². The molecule has 1 atom stereocenters. The molecule has 0 fully saturated rings. The van der Waals surface area contributed by atoms with Gasteiger partial charge >= 0.3 is 5.97 Å². The van der Waals surface area contributed by atoms with Crippen molar-refractivity contribution in [1.82, 2.24) is 5.32 Å². The topological polar surface area (TPSA) is 51.5 Å². The molecule has 0 aromatic carbocycles. The maximum atomic E-state index is 11.7. The summed E-state index contributed by atoms with van der Waals surface area (Å²) in [5.41, 5.74) is -0.643. The van der Waals surface area contributed by atoms with Crippen molar-refractivity contribution in [2.75, 3.05) is 7.11 Å². The molecule has 0 spiro atoms. The molecule has 0 bridgehead atoms. The van der Waals surface area contributed by atoms with Crippen molar-refractivity contribution in [3.8, 4) is 0 Å². The van der Waals surface area contributed by atoms with Gasteiger partial charge in [-0.1, -0.05) is 13.3 Å². The monoisotopic (exact) mass is 225 g/mol. The Kier molecular flexibility index (Phi) is 4.55. The zero-order valence-electron chi connectivity index (χ0n) is 10.1. The zero-order valence-corrected chi connectivity index (χ0v) is 10.1. The number of hydrogen-bond acceptors (Lipinski definition) is 4. The number of furan rings is 1. The highest BCUT2D eigenvalue weighted by Crippen LogP contribution is 2.15. The Hall–Kier alpha value is -1.29. The van der Waals surface area contributed by atoms with Crippen molar-refractivity contribution < 1.29 is 13.9 Å². The molecule has 90 valence electrons. The molecule has 0 aliphatic carbocycles. The van der Waals surface area contributed by atoms with Gasteiger partial charge in [-0.3, -0.25) is 10.1 Å². The van der Waals surface area contributed by atoms with Crippen LogP contribution >= 0.6 is 0 Å². The Labute approximate surface area is 96.0 Å². The van der Waals surface area contributed by atoms with E-state index in [1.807, 2.05) is 26.0 Å². The number of nitrogens with one attached hydrogen (secondary N) is 1. The van der Waals surface area contributed by atoms with E-state index >= 15 is 0 Å². The number of carbonyl (C=O) groups is 1. The van der Waals surface area contributed by atoms with Crippen molar-refractivity contribution in [3.63, 3.8) is 0 Å². The van der Waals surface area contributed by atoms with Gasteiger partial charge in [-0.05, 0) is 25.5 Å². The van der Waals surface area contributed by atoms with Crippen LogP contribution in [0, 0.1) is 0 Å². The minimum Gasteiger partial charge on any atom is -0.468 e. The van der Waals surface area contributed by atoms with Crippen molar-refractivity contribution in [3.05, 3.63) is 24.2 Å². The van der Waals surface area contributed by atoms with Crippen LogP contribution < -0.4 is 5.32 Å². The predicted octanol–water partition coefficient (Wildman–Crippen LogP) is 2.10. The van der Waals surface area contributed by atoms with Gasteiger partial charge < -0.3 is 9.15 Å². The molecule has 1 heterocycles. The first-order valence-corrected chi connectivity index (χ1v) is 5.48. The Morgan fingerprint density at radius 1 is 1.62 bits per heavy atom. The van der Waals surface area contributed by atoms with Crippen LogP contribution in [0.3, 0.4) is 0 Å². The minimum atomic E-state index is -0.643. The van der Waals surface area contributed by atoms with Gasteiger partial charge in [0.25, 0.3) is 0 Å². The number of esters is 1. The molecule has 0 radical (unpaired) electrons. The molecular formula is C12H19NO3. The Morgan fingerprint density at radius 2 is 2.38 bits per heavy atom. The summed E-state index contributed by atoms with van der Waals surface area (Å²) in [7, 11) is 1.41. The lowest BCUT2D eigenvalue weighted by atomic mass is 9.96. The molecule has 0 amide bonds. The quantitative estimate of drug-likeness (QED) is 0.753. The molecule has 0 aliphatic rings. The van der Waals surface area contributed by atoms with Gasteiger partial charge in [0.1, 0.15) is 11.3 Å². The molecule has 0 aliphatic heterocycles. The summed E-state index contributed by atoms with van der Waals surface area (Å²) in [6, 6.07) is 3.70. The molecule has 0 saturated heterocycles. The van der Waals surface area contributed by atoms with E-state index in [0.717, 1.165) is 18.6 Å². The maximum absolute atomic E-state index is 11.7. The van der Waals surface area contributed by atoms with Crippen LogP contribution in [0.25, 0.3) is 0 Å². The fourth-order valence-corrected chi connectivity index (χ4v) is 1.68. The first kappa shape index (κ1) is 12.8. The predicted molar refractivity (Wildman–Crippen MR) is 60.9 cm³/mol. The number of methoxy groups -OCH3 is 1. The van der Waals surface area contributed by atoms with E-state index in [4.69, 9.17) is 9.15 Å². The number of ether oxygens (including phenoxy) is 1. The average Bonchev–Trinajstić information content (AvgIpc) is 2.78. The van der Waals surface area contributed by atoms with E-state index in [2.05, 4.69) is 5.32 Å². The number of rotatable bonds is 6. The summed E-state index contributed by atoms with van der Waals surface area (Å²) in [6.07, 6.45) is 3.27. The Morgan fingerprint density at radius 3 is 2.88 bits per heavy atom. The highest BCUT2D eigenvalue weighted by molar-refractivity contribution is 5.80. The van der Waals surface area contributed by atoms with Crippen LogP contribution in [0.15, 0.2) is 22.8 Å². The van der Waals surface area contributed by atoms with Gasteiger partial charge in [-0.2, -0.15) is 0 Å². The third-order valence-corrected chi connectivity index (χ3v) is 2.62. The Bertz CT molecular complexity index is 321. The fourth-order valence-electron chi connectivity index (χ4n) is 1.68. The molecule has 1 unspecified atom stereocenters. The second-order valence-corrected chi connectivity index (χ2v) is 4.01. The van der Waals surface area contributed by atoms with Gasteiger partial charge in [-0.25, -0.2) is 0 Å². The van der Waals surface area contributed by atoms with E-state index in [1.165, 1.54) is 7.11 Å². The smallest absolute Gasteiger partial charge is 0.325 e. The number of hydrogen-bond donors (Lipinski definition) is 1. The highest BCUT2D eigenvalue weighted by atomic mass is 16.5. The van der Waals surface area contributed by atoms with Gasteiger partial charge in [-0.15, -0.1) is 0 Å². The molecule has 1 N–H and O–H groups in total. The van der Waals surface area contributed by atoms with Crippen molar-refractivity contribution in [2.45, 2.75) is 38.8 Å². The van der Waals surface area contributed by atoms with E-state index < -0.39 is 5.54 Å². The highest BCUT2D eigenvalue weighted by Gasteiger charge is 2.32. The third kappa shape index (κ3) is 3.10. The van der Waals surface area contributed by atoms with Crippen molar-refractivity contribution in [1.29, 1.82) is 0 Å². The molecule has 4 nitrogen and oxygen atoms in total. The molecule has 16 heavy (non-hydrogen) atoms. The second kappa shape index (κ2) is 5.70. The summed E-state index contributed by atoms with van der Waals surface area (Å²) in [5.74, 6) is 0.576. The molecule has 4 heteroatoms. The van der Waals surface area contributed by atoms with E-state index in [9.17, 15) is 4.79 Å². The van der Waals surface area contributed by atoms with Gasteiger partial charge in [0, 0.05) is 0 Å². The van der Waals surface area contributed by atoms with Gasteiger partial charge in [0.2, 0.25) is 0 Å². The number of carbonyl (C=O) groups excluding carboxylic acids is 1. The summed E-state index contributed by atoms with van der Waals surface area (Å²) in [4.78, 5) is 11.7. The molecular weight excluding hydrogens is 206 g/mol. The Balaban J connectivity index is 2.60. The summed E-state index contributed by atoms with van der Waals surface area (Å²) in [6.45, 7) is 4.42. The lowest BCUT2D eigenvalue weighted by Crippen LogP contribution is -2.49. The first-order chi connectivity index (χ1) is 7.62. The maximum Gasteiger partial charge on any atom is 0.325 e. The zero-order chi connectivity index (χ0) is 12.0. The largest absolute Gasteiger partial charge is 0.468 e. The van der Waals surface area contributed by atoms with Crippen LogP contribution in [0.5, 0.6) is 0 Å². The minimum absolute atomic E-state index is 0.235. The standard InChI is InChI=1S/C12H19NO3/c1-4-7-12(2,11(14)15-3)13-9-10-6-5-8-16-10/h5-6,8,13H,4,7,9H2,1-3H3. The van der Waals surface area contributed by atoms with Crippen LogP contribution in [0.4, 0.5) is 0 Å². The summed E-state index contributed by atoms with van der Waals surface area (Å²) < 4.78 is 10.0. The van der Waals surface area contributed by atoms with E-state index in [0.29, 0.717) is 6.54 Å². The van der Waals surface area contributed by atoms with Gasteiger partial charge in [0.15, 0.2) is 0 Å². The first-order valence-electron chi connectivity index (χ1n) is 5.48. The van der Waals surface area contributed by atoms with Gasteiger partial charge in [0.05, 0.1) is 19.9 Å². The molecule has 1 aromatic rings. The lowest BCUT2D eigenvalue weighted by Gasteiger charge is -2.27. The molecule has 1 rings (SSSR count). The SMILES string of the molecule is CCCC(C)(NCc1ccco1)C(=O)OC. The van der Waals surface area contributed by atoms with Crippen LogP contribution in [0.2, 0.25) is 0 Å². The summed E-state index contributed by atoms with van der Waals surface area (Å²) >= 11 is 0. The molecule has 0 saturated carbocycles. The van der Waals surface area contributed by atoms with E-state index in [-0.39, 0.29) is 5.97 Å². The van der Waals surface area contributed by atoms with Crippen LogP contribution in [-0.2, 0) is 16.1 Å². The normalized spacial score (nSPS) is 14.4. The fraction of sp³-hybridized carbons (Fsp3) is 0.583. The van der Waals surface area contributed by atoms with Crippen LogP contribution in [-0.4, -0.2) is 18.6 Å². The van der Waals surface area contributed by atoms with E-state index in [1.54, 1.807) is 6.26 Å². The lowest BCUT2D eigenvalue weighted by molar-refractivity contribution is -0.148. The van der Waals surface area contributed by atoms with Crippen LogP contribution in [0.1, 0.15) is 32.4 Å². The summed E-state index contributed by atoms with van der Waals surface area (Å²) in [5, 5.41) is 3.18. The van der Waals surface area contributed by atoms with Crippen molar-refractivity contribution in [2.24, 2.45) is 0 Å². The molecule has 1 aromatic heterocycles. The average molecular weight is 225 g/mol. The second-order valence-electron chi connectivity index (χ2n) is 4.01. The third-order valence-electron chi connectivity index (χ3n) is 2.62.